The minimum Gasteiger partial charge on any atom is -0.435 e. The van der Waals surface area contributed by atoms with Crippen LogP contribution in [-0.2, 0) is 0 Å². The first-order chi connectivity index (χ1) is 10.5. The first kappa shape index (κ1) is 15.8. The predicted octanol–water partition coefficient (Wildman–Crippen LogP) is 4.17. The summed E-state index contributed by atoms with van der Waals surface area (Å²) in [4.78, 5) is 11.9. The van der Waals surface area contributed by atoms with Crippen molar-refractivity contribution in [2.75, 3.05) is 5.32 Å². The van der Waals surface area contributed by atoms with Crippen molar-refractivity contribution in [1.82, 2.24) is 5.32 Å². The first-order valence-corrected chi connectivity index (χ1v) is 6.72. The fourth-order valence-corrected chi connectivity index (χ4v) is 1.94. The Morgan fingerprint density at radius 3 is 2.50 bits per heavy atom. The summed E-state index contributed by atoms with van der Waals surface area (Å²) in [5.41, 5.74) is 1.34. The van der Waals surface area contributed by atoms with Crippen molar-refractivity contribution in [1.29, 1.82) is 0 Å². The fraction of sp³-hybridized carbons (Fsp3) is 0.188. The minimum atomic E-state index is -2.90. The highest BCUT2D eigenvalue weighted by Crippen LogP contribution is 2.19. The van der Waals surface area contributed by atoms with Gasteiger partial charge in [-0.1, -0.05) is 36.4 Å². The molecule has 0 aliphatic rings. The molecular weight excluding hydrogens is 290 g/mol. The topological polar surface area (TPSA) is 50.4 Å². The van der Waals surface area contributed by atoms with Crippen LogP contribution in [0, 0.1) is 0 Å². The predicted molar refractivity (Wildman–Crippen MR) is 80.1 cm³/mol. The molecule has 6 heteroatoms. The van der Waals surface area contributed by atoms with E-state index in [9.17, 15) is 13.6 Å². The van der Waals surface area contributed by atoms with Crippen LogP contribution < -0.4 is 15.4 Å². The van der Waals surface area contributed by atoms with Gasteiger partial charge in [-0.05, 0) is 24.6 Å². The number of hydrogen-bond donors (Lipinski definition) is 2. The Morgan fingerprint density at radius 1 is 1.09 bits per heavy atom. The van der Waals surface area contributed by atoms with Crippen LogP contribution in [0.25, 0.3) is 0 Å². The molecule has 0 aliphatic heterocycles. The maximum absolute atomic E-state index is 12.2. The third-order valence-electron chi connectivity index (χ3n) is 2.96. The average molecular weight is 306 g/mol. The van der Waals surface area contributed by atoms with Gasteiger partial charge in [0.25, 0.3) is 0 Å². The van der Waals surface area contributed by atoms with Crippen LogP contribution in [0.15, 0.2) is 54.6 Å². The van der Waals surface area contributed by atoms with Gasteiger partial charge in [-0.15, -0.1) is 0 Å². The van der Waals surface area contributed by atoms with Gasteiger partial charge in [0.05, 0.1) is 6.04 Å². The van der Waals surface area contributed by atoms with E-state index in [-0.39, 0.29) is 11.8 Å². The average Bonchev–Trinajstić information content (AvgIpc) is 2.47. The molecule has 2 N–H and O–H groups in total. The summed E-state index contributed by atoms with van der Waals surface area (Å²) in [5.74, 6) is -0.0103. The summed E-state index contributed by atoms with van der Waals surface area (Å²) in [7, 11) is 0. The number of rotatable bonds is 5. The van der Waals surface area contributed by atoms with Crippen molar-refractivity contribution in [2.45, 2.75) is 19.6 Å². The van der Waals surface area contributed by atoms with Crippen molar-refractivity contribution in [3.8, 4) is 5.75 Å². The Kier molecular flexibility index (Phi) is 5.30. The standard InChI is InChI=1S/C16H16F2N2O2/c1-11(12-6-3-2-4-7-12)19-16(21)20-13-8-5-9-14(10-13)22-15(17)18/h2-11,15H,1H3,(H2,19,20,21). The van der Waals surface area contributed by atoms with Gasteiger partial charge < -0.3 is 15.4 Å². The SMILES string of the molecule is CC(NC(=O)Nc1cccc(OC(F)F)c1)c1ccccc1. The number of alkyl halides is 2. The summed E-state index contributed by atoms with van der Waals surface area (Å²) in [5, 5.41) is 5.35. The van der Waals surface area contributed by atoms with E-state index in [1.807, 2.05) is 37.3 Å². The second kappa shape index (κ2) is 7.40. The molecule has 1 atom stereocenters. The zero-order valence-electron chi connectivity index (χ0n) is 11.9. The molecule has 0 bridgehead atoms. The Balaban J connectivity index is 1.94. The smallest absolute Gasteiger partial charge is 0.387 e. The Labute approximate surface area is 127 Å². The van der Waals surface area contributed by atoms with Gasteiger partial charge in [0.2, 0.25) is 0 Å². The number of carbonyl (C=O) groups is 1. The summed E-state index contributed by atoms with van der Waals surface area (Å²) >= 11 is 0. The van der Waals surface area contributed by atoms with Crippen LogP contribution in [0.3, 0.4) is 0 Å². The maximum Gasteiger partial charge on any atom is 0.387 e. The highest BCUT2D eigenvalue weighted by Gasteiger charge is 2.10. The lowest BCUT2D eigenvalue weighted by molar-refractivity contribution is -0.0497. The van der Waals surface area contributed by atoms with Crippen molar-refractivity contribution in [3.63, 3.8) is 0 Å². The number of hydrogen-bond acceptors (Lipinski definition) is 2. The number of nitrogens with one attached hydrogen (secondary N) is 2. The molecule has 1 unspecified atom stereocenters. The third kappa shape index (κ3) is 4.73. The fourth-order valence-electron chi connectivity index (χ4n) is 1.94. The van der Waals surface area contributed by atoms with Crippen molar-refractivity contribution in [2.24, 2.45) is 0 Å². The van der Waals surface area contributed by atoms with Gasteiger partial charge in [-0.25, -0.2) is 4.79 Å². The second-order valence-electron chi connectivity index (χ2n) is 4.64. The molecule has 0 spiro atoms. The number of ether oxygens (including phenoxy) is 1. The number of benzene rings is 2. The van der Waals surface area contributed by atoms with E-state index in [1.54, 1.807) is 6.07 Å². The van der Waals surface area contributed by atoms with E-state index in [1.165, 1.54) is 18.2 Å². The molecule has 0 fully saturated rings. The van der Waals surface area contributed by atoms with E-state index >= 15 is 0 Å². The zero-order valence-corrected chi connectivity index (χ0v) is 11.9. The van der Waals surface area contributed by atoms with Crippen molar-refractivity contribution >= 4 is 11.7 Å². The molecule has 22 heavy (non-hydrogen) atoms. The van der Waals surface area contributed by atoms with Gasteiger partial charge in [0.1, 0.15) is 5.75 Å². The second-order valence-corrected chi connectivity index (χ2v) is 4.64. The van der Waals surface area contributed by atoms with Crippen molar-refractivity contribution in [3.05, 3.63) is 60.2 Å². The highest BCUT2D eigenvalue weighted by molar-refractivity contribution is 5.89. The molecule has 0 aliphatic carbocycles. The molecule has 0 radical (unpaired) electrons. The van der Waals surface area contributed by atoms with Gasteiger partial charge in [-0.2, -0.15) is 8.78 Å². The molecule has 2 aromatic rings. The quantitative estimate of drug-likeness (QED) is 0.871. The van der Waals surface area contributed by atoms with E-state index in [2.05, 4.69) is 15.4 Å². The lowest BCUT2D eigenvalue weighted by Gasteiger charge is -2.15. The van der Waals surface area contributed by atoms with Crippen LogP contribution in [0.2, 0.25) is 0 Å². The molecule has 4 nitrogen and oxygen atoms in total. The van der Waals surface area contributed by atoms with Crippen molar-refractivity contribution < 1.29 is 18.3 Å². The van der Waals surface area contributed by atoms with E-state index in [0.717, 1.165) is 5.56 Å². The molecule has 0 saturated carbocycles. The number of amides is 2. The summed E-state index contributed by atoms with van der Waals surface area (Å²) in [6, 6.07) is 14.7. The zero-order chi connectivity index (χ0) is 15.9. The summed E-state index contributed by atoms with van der Waals surface area (Å²) in [6.07, 6.45) is 0. The molecule has 0 saturated heterocycles. The number of urea groups is 1. The molecule has 2 aromatic carbocycles. The normalized spacial score (nSPS) is 11.8. The maximum atomic E-state index is 12.2. The molecule has 116 valence electrons. The molecule has 2 amide bonds. The lowest BCUT2D eigenvalue weighted by atomic mass is 10.1. The Hall–Kier alpha value is -2.63. The monoisotopic (exact) mass is 306 g/mol. The van der Waals surface area contributed by atoms with Gasteiger partial charge >= 0.3 is 12.6 Å². The first-order valence-electron chi connectivity index (χ1n) is 6.72. The van der Waals surface area contributed by atoms with Crippen LogP contribution in [0.4, 0.5) is 19.3 Å². The largest absolute Gasteiger partial charge is 0.435 e. The molecule has 0 aromatic heterocycles. The summed E-state index contributed by atoms with van der Waals surface area (Å²) < 4.78 is 28.6. The van der Waals surface area contributed by atoms with Gasteiger partial charge in [0.15, 0.2) is 0 Å². The van der Waals surface area contributed by atoms with Crippen LogP contribution in [0.1, 0.15) is 18.5 Å². The Morgan fingerprint density at radius 2 is 1.82 bits per heavy atom. The Bertz CT molecular complexity index is 621. The van der Waals surface area contributed by atoms with E-state index in [4.69, 9.17) is 0 Å². The van der Waals surface area contributed by atoms with Crippen LogP contribution in [-0.4, -0.2) is 12.6 Å². The number of halogens is 2. The molecule has 0 heterocycles. The number of anilines is 1. The van der Waals surface area contributed by atoms with Gasteiger partial charge in [0, 0.05) is 11.8 Å². The molecular formula is C16H16F2N2O2. The minimum absolute atomic E-state index is 0.0103. The third-order valence-corrected chi connectivity index (χ3v) is 2.96. The van der Waals surface area contributed by atoms with E-state index in [0.29, 0.717) is 5.69 Å². The van der Waals surface area contributed by atoms with E-state index < -0.39 is 12.6 Å². The molecule has 2 rings (SSSR count). The van der Waals surface area contributed by atoms with Crippen LogP contribution >= 0.6 is 0 Å². The lowest BCUT2D eigenvalue weighted by Crippen LogP contribution is -2.31. The van der Waals surface area contributed by atoms with Crippen LogP contribution in [0.5, 0.6) is 5.75 Å². The highest BCUT2D eigenvalue weighted by atomic mass is 19.3. The summed E-state index contributed by atoms with van der Waals surface area (Å²) in [6.45, 7) is -1.05. The van der Waals surface area contributed by atoms with Gasteiger partial charge in [-0.3, -0.25) is 0 Å². The number of carbonyl (C=O) groups excluding carboxylic acids is 1.